The van der Waals surface area contributed by atoms with Crippen LogP contribution in [0.15, 0.2) is 24.4 Å². The molecule has 3 heteroatoms. The first-order chi connectivity index (χ1) is 6.72. The minimum absolute atomic E-state index is 0.538. The molecule has 0 aliphatic heterocycles. The highest BCUT2D eigenvalue weighted by Gasteiger charge is 2.05. The van der Waals surface area contributed by atoms with Gasteiger partial charge in [0, 0.05) is 22.2 Å². The van der Waals surface area contributed by atoms with Crippen LogP contribution >= 0.6 is 11.6 Å². The summed E-state index contributed by atoms with van der Waals surface area (Å²) in [5.41, 5.74) is 2.32. The average Bonchev–Trinajstić information content (AvgIpc) is 2.18. The van der Waals surface area contributed by atoms with Gasteiger partial charge in [0.15, 0.2) is 6.29 Å². The van der Waals surface area contributed by atoms with E-state index in [1.807, 2.05) is 19.1 Å². The molecular formula is C11H8ClNO. The fourth-order valence-electron chi connectivity index (χ4n) is 1.47. The summed E-state index contributed by atoms with van der Waals surface area (Å²) >= 11 is 5.89. The van der Waals surface area contributed by atoms with E-state index in [9.17, 15) is 4.79 Å². The maximum Gasteiger partial charge on any atom is 0.152 e. The molecule has 0 saturated heterocycles. The highest BCUT2D eigenvalue weighted by molar-refractivity contribution is 6.31. The molecule has 0 radical (unpaired) electrons. The van der Waals surface area contributed by atoms with E-state index in [4.69, 9.17) is 11.6 Å². The summed E-state index contributed by atoms with van der Waals surface area (Å²) in [6, 6.07) is 5.35. The highest BCUT2D eigenvalue weighted by atomic mass is 35.5. The summed E-state index contributed by atoms with van der Waals surface area (Å²) < 4.78 is 0. The topological polar surface area (TPSA) is 30.0 Å². The van der Waals surface area contributed by atoms with Gasteiger partial charge < -0.3 is 0 Å². The van der Waals surface area contributed by atoms with E-state index in [1.165, 1.54) is 0 Å². The lowest BCUT2D eigenvalue weighted by Crippen LogP contribution is -1.89. The monoisotopic (exact) mass is 205 g/mol. The van der Waals surface area contributed by atoms with Crippen LogP contribution in [-0.4, -0.2) is 11.3 Å². The third-order valence-corrected chi connectivity index (χ3v) is 2.40. The van der Waals surface area contributed by atoms with Crippen LogP contribution < -0.4 is 0 Å². The number of hydrogen-bond acceptors (Lipinski definition) is 2. The van der Waals surface area contributed by atoms with Crippen molar-refractivity contribution in [1.82, 2.24) is 4.98 Å². The Morgan fingerprint density at radius 2 is 2.21 bits per heavy atom. The molecule has 1 aromatic carbocycles. The summed E-state index contributed by atoms with van der Waals surface area (Å²) in [6.45, 7) is 1.97. The van der Waals surface area contributed by atoms with E-state index in [-0.39, 0.29) is 0 Å². The van der Waals surface area contributed by atoms with Crippen molar-refractivity contribution in [3.8, 4) is 0 Å². The predicted molar refractivity (Wildman–Crippen MR) is 56.9 cm³/mol. The summed E-state index contributed by atoms with van der Waals surface area (Å²) in [7, 11) is 0. The molecular weight excluding hydrogens is 198 g/mol. The lowest BCUT2D eigenvalue weighted by molar-refractivity contribution is 0.112. The van der Waals surface area contributed by atoms with Gasteiger partial charge in [-0.15, -0.1) is 0 Å². The van der Waals surface area contributed by atoms with E-state index >= 15 is 0 Å². The number of carbonyl (C=O) groups excluding carboxylic acids is 1. The molecule has 2 nitrogen and oxygen atoms in total. The summed E-state index contributed by atoms with van der Waals surface area (Å²) in [5.74, 6) is 0. The van der Waals surface area contributed by atoms with Crippen molar-refractivity contribution in [2.45, 2.75) is 6.92 Å². The fraction of sp³-hybridized carbons (Fsp3) is 0.0909. The van der Waals surface area contributed by atoms with Crippen molar-refractivity contribution in [3.63, 3.8) is 0 Å². The molecule has 2 aromatic rings. The molecule has 0 unspecified atom stereocenters. The average molecular weight is 206 g/mol. The smallest absolute Gasteiger partial charge is 0.152 e. The van der Waals surface area contributed by atoms with Crippen LogP contribution in [-0.2, 0) is 0 Å². The Kier molecular flexibility index (Phi) is 2.22. The number of aromatic nitrogens is 1. The van der Waals surface area contributed by atoms with E-state index in [0.29, 0.717) is 16.1 Å². The first-order valence-corrected chi connectivity index (χ1v) is 4.60. The number of halogens is 1. The second kappa shape index (κ2) is 3.39. The Bertz CT molecular complexity index is 508. The van der Waals surface area contributed by atoms with Gasteiger partial charge in [-0.05, 0) is 30.7 Å². The second-order valence-electron chi connectivity index (χ2n) is 3.14. The molecule has 0 aliphatic carbocycles. The maximum atomic E-state index is 10.8. The Balaban J connectivity index is 2.94. The number of fused-ring (bicyclic) bond motifs is 1. The van der Waals surface area contributed by atoms with Crippen LogP contribution in [0.2, 0.25) is 5.02 Å². The molecule has 14 heavy (non-hydrogen) atoms. The standard InChI is InChI=1S/C11H8ClNO/c1-7-2-3-13-11-8(6-14)4-9(12)5-10(7)11/h2-6H,1H3. The minimum Gasteiger partial charge on any atom is -0.298 e. The maximum absolute atomic E-state index is 10.8. The molecule has 0 amide bonds. The van der Waals surface area contributed by atoms with Crippen LogP contribution in [0.25, 0.3) is 10.9 Å². The van der Waals surface area contributed by atoms with Crippen molar-refractivity contribution in [1.29, 1.82) is 0 Å². The molecule has 0 atom stereocenters. The van der Waals surface area contributed by atoms with Crippen LogP contribution in [0.1, 0.15) is 15.9 Å². The van der Waals surface area contributed by atoms with Gasteiger partial charge in [0.05, 0.1) is 5.52 Å². The predicted octanol–water partition coefficient (Wildman–Crippen LogP) is 3.01. The lowest BCUT2D eigenvalue weighted by atomic mass is 10.1. The van der Waals surface area contributed by atoms with E-state index in [0.717, 1.165) is 17.2 Å². The zero-order chi connectivity index (χ0) is 10.1. The van der Waals surface area contributed by atoms with Gasteiger partial charge in [-0.2, -0.15) is 0 Å². The first-order valence-electron chi connectivity index (χ1n) is 4.22. The Morgan fingerprint density at radius 3 is 2.93 bits per heavy atom. The van der Waals surface area contributed by atoms with Crippen molar-refractivity contribution in [3.05, 3.63) is 40.5 Å². The van der Waals surface area contributed by atoms with E-state index in [2.05, 4.69) is 4.98 Å². The zero-order valence-electron chi connectivity index (χ0n) is 7.62. The van der Waals surface area contributed by atoms with Crippen LogP contribution in [0.3, 0.4) is 0 Å². The first kappa shape index (κ1) is 9.16. The molecule has 0 saturated carbocycles. The van der Waals surface area contributed by atoms with Crippen LogP contribution in [0, 0.1) is 6.92 Å². The van der Waals surface area contributed by atoms with Gasteiger partial charge in [-0.3, -0.25) is 9.78 Å². The Hall–Kier alpha value is -1.41. The van der Waals surface area contributed by atoms with Gasteiger partial charge in [-0.1, -0.05) is 11.6 Å². The van der Waals surface area contributed by atoms with Gasteiger partial charge in [0.1, 0.15) is 0 Å². The fourth-order valence-corrected chi connectivity index (χ4v) is 1.69. The minimum atomic E-state index is 0.538. The third-order valence-electron chi connectivity index (χ3n) is 2.18. The quantitative estimate of drug-likeness (QED) is 0.670. The van der Waals surface area contributed by atoms with Crippen molar-refractivity contribution in [2.24, 2.45) is 0 Å². The molecule has 0 fully saturated rings. The Morgan fingerprint density at radius 1 is 1.43 bits per heavy atom. The number of rotatable bonds is 1. The molecule has 70 valence electrons. The number of pyridine rings is 1. The SMILES string of the molecule is Cc1ccnc2c(C=O)cc(Cl)cc12. The number of hydrogen-bond donors (Lipinski definition) is 0. The summed E-state index contributed by atoms with van der Waals surface area (Å²) in [6.07, 6.45) is 2.47. The van der Waals surface area contributed by atoms with Crippen molar-refractivity contribution in [2.75, 3.05) is 0 Å². The molecule has 0 bridgehead atoms. The van der Waals surface area contributed by atoms with E-state index in [1.54, 1.807) is 12.3 Å². The molecule has 0 N–H and O–H groups in total. The Labute approximate surface area is 86.5 Å². The van der Waals surface area contributed by atoms with E-state index < -0.39 is 0 Å². The molecule has 2 rings (SSSR count). The lowest BCUT2D eigenvalue weighted by Gasteiger charge is -2.03. The number of aldehydes is 1. The normalized spacial score (nSPS) is 10.4. The van der Waals surface area contributed by atoms with Gasteiger partial charge in [0.25, 0.3) is 0 Å². The van der Waals surface area contributed by atoms with Gasteiger partial charge >= 0.3 is 0 Å². The highest BCUT2D eigenvalue weighted by Crippen LogP contribution is 2.23. The number of benzene rings is 1. The molecule has 1 heterocycles. The van der Waals surface area contributed by atoms with Gasteiger partial charge in [0.2, 0.25) is 0 Å². The number of carbonyl (C=O) groups is 1. The van der Waals surface area contributed by atoms with Gasteiger partial charge in [-0.25, -0.2) is 0 Å². The number of nitrogens with zero attached hydrogens (tertiary/aromatic N) is 1. The largest absolute Gasteiger partial charge is 0.298 e. The van der Waals surface area contributed by atoms with Crippen LogP contribution in [0.4, 0.5) is 0 Å². The zero-order valence-corrected chi connectivity index (χ0v) is 8.38. The summed E-state index contributed by atoms with van der Waals surface area (Å²) in [5, 5.41) is 1.50. The van der Waals surface area contributed by atoms with Crippen molar-refractivity contribution >= 4 is 28.8 Å². The van der Waals surface area contributed by atoms with Crippen LogP contribution in [0.5, 0.6) is 0 Å². The second-order valence-corrected chi connectivity index (χ2v) is 3.57. The molecule has 0 spiro atoms. The number of aryl methyl sites for hydroxylation is 1. The molecule has 1 aromatic heterocycles. The summed E-state index contributed by atoms with van der Waals surface area (Å²) in [4.78, 5) is 14.9. The molecule has 0 aliphatic rings. The van der Waals surface area contributed by atoms with Crippen molar-refractivity contribution < 1.29 is 4.79 Å². The third kappa shape index (κ3) is 1.38.